The quantitative estimate of drug-likeness (QED) is 0.916. The number of aromatic amines is 1. The van der Waals surface area contributed by atoms with Gasteiger partial charge in [0, 0.05) is 17.9 Å². The smallest absolute Gasteiger partial charge is 0.276 e. The van der Waals surface area contributed by atoms with Gasteiger partial charge in [-0.05, 0) is 0 Å². The summed E-state index contributed by atoms with van der Waals surface area (Å²) < 4.78 is 11.2. The molecule has 0 aliphatic carbocycles. The first kappa shape index (κ1) is 17.6. The number of hydrogen-bond donors (Lipinski definition) is 1. The standard InChI is InChI=1S/C17H25N5O3/c1-10(2)13-12(18-9-25-13)15(23)22-6-7-24-11(8-22)14-19-16(21-20-14)17(3,4)5/h9-11H,6-8H2,1-5H3,(H,19,20,21)/t11-/m1/s1. The Kier molecular flexibility index (Phi) is 4.64. The summed E-state index contributed by atoms with van der Waals surface area (Å²) in [6.07, 6.45) is 1.00. The highest BCUT2D eigenvalue weighted by atomic mass is 16.5. The van der Waals surface area contributed by atoms with Gasteiger partial charge in [-0.3, -0.25) is 9.89 Å². The maximum absolute atomic E-state index is 12.8. The van der Waals surface area contributed by atoms with Gasteiger partial charge < -0.3 is 14.1 Å². The summed E-state index contributed by atoms with van der Waals surface area (Å²) >= 11 is 0. The number of nitrogens with zero attached hydrogens (tertiary/aromatic N) is 4. The van der Waals surface area contributed by atoms with E-state index < -0.39 is 0 Å². The molecule has 0 spiro atoms. The monoisotopic (exact) mass is 347 g/mol. The van der Waals surface area contributed by atoms with Crippen molar-refractivity contribution in [2.75, 3.05) is 19.7 Å². The molecule has 0 unspecified atom stereocenters. The maximum atomic E-state index is 12.8. The van der Waals surface area contributed by atoms with Crippen molar-refractivity contribution in [2.24, 2.45) is 0 Å². The van der Waals surface area contributed by atoms with Crippen LogP contribution in [0.2, 0.25) is 0 Å². The number of carbonyl (C=O) groups is 1. The number of ether oxygens (including phenoxy) is 1. The van der Waals surface area contributed by atoms with Crippen LogP contribution in [-0.4, -0.2) is 50.7 Å². The molecule has 0 saturated carbocycles. The third-order valence-electron chi connectivity index (χ3n) is 4.15. The number of nitrogens with one attached hydrogen (secondary N) is 1. The molecule has 136 valence electrons. The predicted molar refractivity (Wildman–Crippen MR) is 90.3 cm³/mol. The zero-order valence-corrected chi connectivity index (χ0v) is 15.4. The van der Waals surface area contributed by atoms with Crippen LogP contribution in [0, 0.1) is 0 Å². The first-order valence-electron chi connectivity index (χ1n) is 8.54. The molecule has 8 nitrogen and oxygen atoms in total. The third kappa shape index (κ3) is 3.58. The highest BCUT2D eigenvalue weighted by Gasteiger charge is 2.32. The van der Waals surface area contributed by atoms with Gasteiger partial charge in [-0.1, -0.05) is 34.6 Å². The fourth-order valence-corrected chi connectivity index (χ4v) is 2.73. The second-order valence-corrected chi connectivity index (χ2v) is 7.62. The summed E-state index contributed by atoms with van der Waals surface area (Å²) in [6.45, 7) is 11.5. The molecule has 1 fully saturated rings. The van der Waals surface area contributed by atoms with Crippen molar-refractivity contribution in [3.63, 3.8) is 0 Å². The van der Waals surface area contributed by atoms with Gasteiger partial charge in [-0.25, -0.2) is 9.97 Å². The number of carbonyl (C=O) groups excluding carboxylic acids is 1. The van der Waals surface area contributed by atoms with Crippen molar-refractivity contribution in [1.29, 1.82) is 0 Å². The minimum Gasteiger partial charge on any atom is -0.447 e. The Morgan fingerprint density at radius 2 is 2.16 bits per heavy atom. The average molecular weight is 347 g/mol. The van der Waals surface area contributed by atoms with Gasteiger partial charge in [-0.2, -0.15) is 5.10 Å². The molecule has 8 heteroatoms. The molecule has 3 rings (SSSR count). The molecule has 0 aromatic carbocycles. The lowest BCUT2D eigenvalue weighted by molar-refractivity contribution is -0.0269. The summed E-state index contributed by atoms with van der Waals surface area (Å²) in [7, 11) is 0. The Labute approximate surface area is 147 Å². The van der Waals surface area contributed by atoms with Gasteiger partial charge in [0.1, 0.15) is 11.9 Å². The molecule has 3 heterocycles. The Morgan fingerprint density at radius 3 is 2.80 bits per heavy atom. The lowest BCUT2D eigenvalue weighted by Crippen LogP contribution is -2.43. The predicted octanol–water partition coefficient (Wildman–Crippen LogP) is 2.43. The van der Waals surface area contributed by atoms with E-state index in [1.54, 1.807) is 4.90 Å². The van der Waals surface area contributed by atoms with Crippen LogP contribution in [0.5, 0.6) is 0 Å². The van der Waals surface area contributed by atoms with Crippen LogP contribution in [0.3, 0.4) is 0 Å². The van der Waals surface area contributed by atoms with Gasteiger partial charge in [0.15, 0.2) is 23.7 Å². The fourth-order valence-electron chi connectivity index (χ4n) is 2.73. The number of aromatic nitrogens is 4. The van der Waals surface area contributed by atoms with Gasteiger partial charge in [0.2, 0.25) is 0 Å². The summed E-state index contributed by atoms with van der Waals surface area (Å²) in [5, 5.41) is 7.22. The van der Waals surface area contributed by atoms with E-state index in [1.807, 2.05) is 13.8 Å². The number of rotatable bonds is 3. The van der Waals surface area contributed by atoms with Gasteiger partial charge in [-0.15, -0.1) is 0 Å². The number of H-pyrrole nitrogens is 1. The molecule has 2 aromatic heterocycles. The van der Waals surface area contributed by atoms with Crippen LogP contribution in [0.25, 0.3) is 0 Å². The molecule has 1 saturated heterocycles. The van der Waals surface area contributed by atoms with E-state index in [0.29, 0.717) is 37.0 Å². The van der Waals surface area contributed by atoms with Crippen LogP contribution in [-0.2, 0) is 10.2 Å². The normalized spacial score (nSPS) is 18.8. The van der Waals surface area contributed by atoms with Gasteiger partial charge in [0.25, 0.3) is 5.91 Å². The lowest BCUT2D eigenvalue weighted by atomic mass is 9.96. The minimum absolute atomic E-state index is 0.0990. The Morgan fingerprint density at radius 1 is 1.40 bits per heavy atom. The highest BCUT2D eigenvalue weighted by Crippen LogP contribution is 2.25. The number of oxazole rings is 1. The van der Waals surface area contributed by atoms with Crippen molar-refractivity contribution in [1.82, 2.24) is 25.1 Å². The maximum Gasteiger partial charge on any atom is 0.276 e. The Balaban J connectivity index is 1.76. The summed E-state index contributed by atoms with van der Waals surface area (Å²) in [5.41, 5.74) is 0.231. The van der Waals surface area contributed by atoms with Crippen LogP contribution < -0.4 is 0 Å². The SMILES string of the molecule is CC(C)c1ocnc1C(=O)N1CCO[C@@H](c2nc(C(C)(C)C)n[nH]2)C1. The van der Waals surface area contributed by atoms with E-state index in [1.165, 1.54) is 6.39 Å². The van der Waals surface area contributed by atoms with E-state index in [0.717, 1.165) is 5.82 Å². The summed E-state index contributed by atoms with van der Waals surface area (Å²) in [4.78, 5) is 23.2. The van der Waals surface area contributed by atoms with Crippen LogP contribution in [0.15, 0.2) is 10.8 Å². The molecule has 1 N–H and O–H groups in total. The largest absolute Gasteiger partial charge is 0.447 e. The fraction of sp³-hybridized carbons (Fsp3) is 0.647. The number of amides is 1. The lowest BCUT2D eigenvalue weighted by Gasteiger charge is -2.31. The van der Waals surface area contributed by atoms with Crippen molar-refractivity contribution >= 4 is 5.91 Å². The second kappa shape index (κ2) is 6.59. The molecular weight excluding hydrogens is 322 g/mol. The van der Waals surface area contributed by atoms with Crippen molar-refractivity contribution in [2.45, 2.75) is 52.1 Å². The number of morpholine rings is 1. The first-order valence-corrected chi connectivity index (χ1v) is 8.54. The molecule has 0 bridgehead atoms. The molecule has 0 radical (unpaired) electrons. The van der Waals surface area contributed by atoms with Gasteiger partial charge >= 0.3 is 0 Å². The van der Waals surface area contributed by atoms with Crippen LogP contribution in [0.1, 0.15) is 74.5 Å². The Hall–Kier alpha value is -2.22. The average Bonchev–Trinajstić information content (AvgIpc) is 3.23. The molecule has 1 atom stereocenters. The van der Waals surface area contributed by atoms with Crippen molar-refractivity contribution in [3.8, 4) is 0 Å². The second-order valence-electron chi connectivity index (χ2n) is 7.62. The van der Waals surface area contributed by atoms with Gasteiger partial charge in [0.05, 0.1) is 13.2 Å². The van der Waals surface area contributed by atoms with Crippen molar-refractivity contribution < 1.29 is 13.9 Å². The summed E-state index contributed by atoms with van der Waals surface area (Å²) in [5.74, 6) is 1.95. The molecular formula is C17H25N5O3. The van der Waals surface area contributed by atoms with E-state index >= 15 is 0 Å². The van der Waals surface area contributed by atoms with Crippen LogP contribution >= 0.6 is 0 Å². The minimum atomic E-state index is -0.323. The molecule has 1 aliphatic rings. The van der Waals surface area contributed by atoms with Crippen LogP contribution in [0.4, 0.5) is 0 Å². The van der Waals surface area contributed by atoms with E-state index in [-0.39, 0.29) is 23.3 Å². The zero-order chi connectivity index (χ0) is 18.2. The molecule has 25 heavy (non-hydrogen) atoms. The topological polar surface area (TPSA) is 97.1 Å². The highest BCUT2D eigenvalue weighted by molar-refractivity contribution is 5.93. The first-order chi connectivity index (χ1) is 11.8. The Bertz CT molecular complexity index is 744. The summed E-state index contributed by atoms with van der Waals surface area (Å²) in [6, 6.07) is 0. The van der Waals surface area contributed by atoms with E-state index in [4.69, 9.17) is 9.15 Å². The molecule has 1 aliphatic heterocycles. The molecule has 1 amide bonds. The van der Waals surface area contributed by atoms with E-state index in [9.17, 15) is 4.79 Å². The third-order valence-corrected chi connectivity index (χ3v) is 4.15. The van der Waals surface area contributed by atoms with E-state index in [2.05, 4.69) is 40.9 Å². The van der Waals surface area contributed by atoms with Crippen molar-refractivity contribution in [3.05, 3.63) is 29.5 Å². The number of hydrogen-bond acceptors (Lipinski definition) is 6. The molecule has 2 aromatic rings. The zero-order valence-electron chi connectivity index (χ0n) is 15.4.